The zero-order valence-corrected chi connectivity index (χ0v) is 21.8. The van der Waals surface area contributed by atoms with E-state index in [9.17, 15) is 4.39 Å². The first-order chi connectivity index (χ1) is 23.7. The fourth-order valence-corrected chi connectivity index (χ4v) is 3.89. The molecule has 0 bridgehead atoms. The summed E-state index contributed by atoms with van der Waals surface area (Å²) in [6, 6.07) is 17.1. The maximum Gasteiger partial charge on any atom is 0.141 e. The summed E-state index contributed by atoms with van der Waals surface area (Å²) in [6.45, 7) is -8.28. The van der Waals surface area contributed by atoms with Crippen molar-refractivity contribution in [3.8, 4) is 17.1 Å². The van der Waals surface area contributed by atoms with Crippen molar-refractivity contribution in [2.75, 3.05) is 24.6 Å². The normalized spacial score (nSPS) is 17.0. The minimum atomic E-state index is -3.13. The minimum Gasteiger partial charge on any atom is -0.487 e. The summed E-state index contributed by atoms with van der Waals surface area (Å²) in [6.07, 6.45) is 1.33. The van der Waals surface area contributed by atoms with Gasteiger partial charge in [-0.05, 0) is 66.2 Å². The average Bonchev–Trinajstić information content (AvgIpc) is 3.53. The number of anilines is 2. The highest BCUT2D eigenvalue weighted by molar-refractivity contribution is 7.94. The molecule has 206 valence electrons. The first-order valence-electron chi connectivity index (χ1n) is 16.9. The van der Waals surface area contributed by atoms with Crippen LogP contribution in [0, 0.1) is 5.82 Å². The Morgan fingerprint density at radius 3 is 2.92 bits per heavy atom. The van der Waals surface area contributed by atoms with E-state index >= 15 is 0 Å². The highest BCUT2D eigenvalue weighted by Crippen LogP contribution is 2.32. The first kappa shape index (κ1) is 17.2. The molecule has 5 aromatic rings. The van der Waals surface area contributed by atoms with Crippen molar-refractivity contribution in [3.63, 3.8) is 0 Å². The predicted octanol–water partition coefficient (Wildman–Crippen LogP) is 7.32. The lowest BCUT2D eigenvalue weighted by Gasteiger charge is -2.12. The molecular weight excluding hydrogens is 555 g/mol. The van der Waals surface area contributed by atoms with Crippen LogP contribution in [0.25, 0.3) is 22.2 Å². The van der Waals surface area contributed by atoms with Gasteiger partial charge < -0.3 is 19.8 Å². The highest BCUT2D eigenvalue weighted by atomic mass is 35.5. The number of nitrogens with zero attached hydrogens (tertiary/aromatic N) is 2. The number of halogens is 2. The molecule has 3 aromatic carbocycles. The lowest BCUT2D eigenvalue weighted by atomic mass is 10.1. The molecule has 5 rings (SSSR count). The van der Waals surface area contributed by atoms with Gasteiger partial charge in [-0.2, -0.15) is 4.33 Å². The molecule has 0 saturated carbocycles. The molecular formula is C29H26ClFN4O4S. The monoisotopic (exact) mass is 591 g/mol. The molecule has 2 aromatic heterocycles. The Morgan fingerprint density at radius 2 is 2.05 bits per heavy atom. The Hall–Kier alpha value is -3.67. The Balaban J connectivity index is 1.33. The van der Waals surface area contributed by atoms with Crippen LogP contribution in [0.5, 0.6) is 5.75 Å². The van der Waals surface area contributed by atoms with Crippen LogP contribution in [0.4, 0.5) is 15.9 Å². The topological polar surface area (TPSA) is 90.7 Å². The van der Waals surface area contributed by atoms with Crippen molar-refractivity contribution in [2.24, 2.45) is 0 Å². The molecule has 2 N–H and O–H groups in total. The van der Waals surface area contributed by atoms with E-state index in [1.807, 2.05) is 5.32 Å². The zero-order valence-electron chi connectivity index (χ0n) is 31.2. The van der Waals surface area contributed by atoms with E-state index in [0.717, 1.165) is 6.07 Å². The summed E-state index contributed by atoms with van der Waals surface area (Å²) < 4.78 is 115. The van der Waals surface area contributed by atoms with Crippen LogP contribution in [-0.4, -0.2) is 29.2 Å². The summed E-state index contributed by atoms with van der Waals surface area (Å²) in [5.74, 6) is -0.512. The van der Waals surface area contributed by atoms with Crippen molar-refractivity contribution < 1.29 is 37.8 Å². The van der Waals surface area contributed by atoms with Crippen molar-refractivity contribution in [3.05, 3.63) is 101 Å². The Labute approximate surface area is 255 Å². The van der Waals surface area contributed by atoms with Gasteiger partial charge in [0.15, 0.2) is 0 Å². The summed E-state index contributed by atoms with van der Waals surface area (Å²) >= 11 is 6.14. The summed E-state index contributed by atoms with van der Waals surface area (Å²) in [5, 5.41) is 5.60. The number of fused-ring (bicyclic) bond motifs is 1. The molecule has 11 heteroatoms. The molecule has 8 nitrogen and oxygen atoms in total. The van der Waals surface area contributed by atoms with Crippen molar-refractivity contribution in [1.82, 2.24) is 15.3 Å². The molecule has 0 fully saturated rings. The zero-order chi connectivity index (χ0) is 37.4. The molecule has 40 heavy (non-hydrogen) atoms. The number of ether oxygens (including phenoxy) is 1. The number of rotatable bonds is 13. The van der Waals surface area contributed by atoms with E-state index in [1.165, 1.54) is 48.8 Å². The molecule has 0 aliphatic heterocycles. The molecule has 0 aliphatic carbocycles. The van der Waals surface area contributed by atoms with Crippen LogP contribution in [-0.2, 0) is 22.3 Å². The van der Waals surface area contributed by atoms with Gasteiger partial charge in [0, 0.05) is 46.4 Å². The van der Waals surface area contributed by atoms with Gasteiger partial charge in [0.25, 0.3) is 0 Å². The minimum absolute atomic E-state index is 0.00750. The van der Waals surface area contributed by atoms with Crippen LogP contribution >= 0.6 is 23.6 Å². The smallest absolute Gasteiger partial charge is 0.141 e. The molecule has 0 atom stereocenters. The number of benzene rings is 3. The largest absolute Gasteiger partial charge is 0.487 e. The van der Waals surface area contributed by atoms with Crippen LogP contribution in [0.1, 0.15) is 26.4 Å². The summed E-state index contributed by atoms with van der Waals surface area (Å²) in [5.41, 5.74) is -1.64. The Bertz CT molecular complexity index is 2040. The highest BCUT2D eigenvalue weighted by Gasteiger charge is 2.11. The third-order valence-corrected chi connectivity index (χ3v) is 5.85. The number of furan rings is 1. The predicted molar refractivity (Wildman–Crippen MR) is 155 cm³/mol. The van der Waals surface area contributed by atoms with E-state index in [2.05, 4.69) is 24.5 Å². The fourth-order valence-electron chi connectivity index (χ4n) is 3.51. The quantitative estimate of drug-likeness (QED) is 0.0830. The van der Waals surface area contributed by atoms with Crippen LogP contribution < -0.4 is 15.4 Å². The van der Waals surface area contributed by atoms with Gasteiger partial charge in [0.2, 0.25) is 0 Å². The van der Waals surface area contributed by atoms with Crippen molar-refractivity contribution in [1.29, 1.82) is 0 Å². The van der Waals surface area contributed by atoms with Crippen molar-refractivity contribution in [2.45, 2.75) is 13.1 Å². The van der Waals surface area contributed by atoms with Crippen LogP contribution in [0.15, 0.2) is 83.5 Å². The molecule has 0 aliphatic rings. The summed E-state index contributed by atoms with van der Waals surface area (Å²) in [4.78, 5) is 12.6. The van der Waals surface area contributed by atoms with Crippen molar-refractivity contribution >= 4 is 46.1 Å². The molecule has 0 saturated heterocycles. The van der Waals surface area contributed by atoms with Crippen LogP contribution in [0.2, 0.25) is 5.02 Å². The number of hydrogen-bond donors (Lipinski definition) is 2. The maximum absolute atomic E-state index is 13.7. The van der Waals surface area contributed by atoms with Gasteiger partial charge in [-0.1, -0.05) is 23.7 Å². The Morgan fingerprint density at radius 1 is 1.10 bits per heavy atom. The average molecular weight is 592 g/mol. The van der Waals surface area contributed by atoms with Gasteiger partial charge in [-0.15, -0.1) is 0 Å². The molecule has 0 radical (unpaired) electrons. The van der Waals surface area contributed by atoms with Gasteiger partial charge in [0.05, 0.1) is 33.7 Å². The number of hydrogen-bond acceptors (Lipinski definition) is 9. The Kier molecular flexibility index (Phi) is 5.85. The second-order valence-corrected chi connectivity index (χ2v) is 8.73. The third-order valence-electron chi connectivity index (χ3n) is 5.23. The van der Waals surface area contributed by atoms with Crippen LogP contribution in [0.3, 0.4) is 0 Å². The SMILES string of the molecule is [2H]C([2H])([2H])OOSC([2H])([2H])C([2H])([2H])NC([2H])([2H])c1ccc(-c2ccc3ncnc(Nc4ccc(OC([2H])([2H])c5cccc(F)c5)c(Cl)c4)c3c2)o1. The van der Waals surface area contributed by atoms with Gasteiger partial charge in [-0.25, -0.2) is 19.2 Å². The molecule has 0 unspecified atom stereocenters. The van der Waals surface area contributed by atoms with E-state index < -0.39 is 43.9 Å². The summed E-state index contributed by atoms with van der Waals surface area (Å²) in [7, 11) is -3.03. The molecule has 0 amide bonds. The van der Waals surface area contributed by atoms with E-state index in [-0.39, 0.29) is 34.1 Å². The van der Waals surface area contributed by atoms with E-state index in [1.54, 1.807) is 24.3 Å². The van der Waals surface area contributed by atoms with Gasteiger partial charge in [-0.3, -0.25) is 0 Å². The van der Waals surface area contributed by atoms with Gasteiger partial charge in [0.1, 0.15) is 41.8 Å². The first-order valence-corrected chi connectivity index (χ1v) is 12.5. The standard InChI is InChI=1S/C29H26ClFN4O4S/c1-36-39-40-12-11-32-16-23-7-10-27(38-23)20-5-8-26-24(14-20)29(34-18-33-26)35-22-6-9-28(25(30)15-22)37-17-19-3-2-4-21(31)13-19/h2-10,13-15,18,32H,11-12,16-17H2,1H3,(H,33,34,35)/i1D3,11D2,12D2,16D2,17D2. The molecule has 0 spiro atoms. The third kappa shape index (κ3) is 7.29. The van der Waals surface area contributed by atoms with E-state index in [0.29, 0.717) is 28.0 Å². The lowest BCUT2D eigenvalue weighted by Crippen LogP contribution is -2.16. The second kappa shape index (κ2) is 13.6. The van der Waals surface area contributed by atoms with Gasteiger partial charge >= 0.3 is 0 Å². The number of aromatic nitrogens is 2. The molecule has 2 heterocycles. The number of nitrogens with one attached hydrogen (secondary N) is 2. The fraction of sp³-hybridized carbons (Fsp3) is 0.172. The van der Waals surface area contributed by atoms with E-state index in [4.69, 9.17) is 35.8 Å². The lowest BCUT2D eigenvalue weighted by molar-refractivity contribution is -0.160. The second-order valence-electron chi connectivity index (χ2n) is 7.81. The maximum atomic E-state index is 13.7.